The number of nitrogens with zero attached hydrogens (tertiary/aromatic N) is 1. The van der Waals surface area contributed by atoms with Crippen molar-refractivity contribution in [1.29, 1.82) is 0 Å². The third kappa shape index (κ3) is 2.96. The van der Waals surface area contributed by atoms with E-state index in [-0.39, 0.29) is 0 Å². The lowest BCUT2D eigenvalue weighted by molar-refractivity contribution is 0.174. The molecule has 0 amide bonds. The molecule has 0 radical (unpaired) electrons. The van der Waals surface area contributed by atoms with Crippen molar-refractivity contribution >= 4 is 11.4 Å². The Morgan fingerprint density at radius 1 is 1.11 bits per heavy atom. The molecular weight excluding hydrogens is 234 g/mol. The first-order valence-electron chi connectivity index (χ1n) is 6.71. The van der Waals surface area contributed by atoms with Gasteiger partial charge in [-0.1, -0.05) is 37.3 Å². The van der Waals surface area contributed by atoms with Gasteiger partial charge in [0.05, 0.1) is 6.10 Å². The average Bonchev–Trinajstić information content (AvgIpc) is 2.45. The van der Waals surface area contributed by atoms with E-state index in [1.165, 1.54) is 5.56 Å². The van der Waals surface area contributed by atoms with Crippen LogP contribution in [0, 0.1) is 6.92 Å². The summed E-state index contributed by atoms with van der Waals surface area (Å²) in [5, 5.41) is 10.1. The van der Waals surface area contributed by atoms with Crippen molar-refractivity contribution in [2.75, 3.05) is 11.9 Å². The Hall–Kier alpha value is -1.80. The van der Waals surface area contributed by atoms with Crippen molar-refractivity contribution in [2.45, 2.75) is 26.4 Å². The summed E-state index contributed by atoms with van der Waals surface area (Å²) in [4.78, 5) is 2.13. The van der Waals surface area contributed by atoms with Crippen LogP contribution in [0.25, 0.3) is 0 Å². The molecule has 0 heterocycles. The number of aryl methyl sites for hydroxylation is 1. The van der Waals surface area contributed by atoms with Crippen LogP contribution in [0.1, 0.15) is 30.6 Å². The third-order valence-electron chi connectivity index (χ3n) is 3.43. The van der Waals surface area contributed by atoms with E-state index in [0.717, 1.165) is 23.4 Å². The fraction of sp³-hybridized carbons (Fsp3) is 0.294. The molecule has 0 spiro atoms. The molecule has 0 aliphatic heterocycles. The third-order valence-corrected chi connectivity index (χ3v) is 3.43. The first-order valence-corrected chi connectivity index (χ1v) is 6.71. The van der Waals surface area contributed by atoms with Crippen LogP contribution in [0.4, 0.5) is 11.4 Å². The SMILES string of the molecule is CC[C@H](O)c1ccccc1N(C)c1cccc(C)c1. The number of aliphatic hydroxyl groups excluding tert-OH is 1. The highest BCUT2D eigenvalue weighted by Gasteiger charge is 2.14. The van der Waals surface area contributed by atoms with Gasteiger partial charge >= 0.3 is 0 Å². The molecule has 1 N–H and O–H groups in total. The minimum Gasteiger partial charge on any atom is -0.388 e. The van der Waals surface area contributed by atoms with Crippen molar-refractivity contribution in [2.24, 2.45) is 0 Å². The largest absolute Gasteiger partial charge is 0.388 e. The average molecular weight is 255 g/mol. The van der Waals surface area contributed by atoms with Crippen molar-refractivity contribution in [3.05, 3.63) is 59.7 Å². The number of rotatable bonds is 4. The Kier molecular flexibility index (Phi) is 4.23. The Morgan fingerprint density at radius 3 is 2.53 bits per heavy atom. The molecule has 2 heteroatoms. The highest BCUT2D eigenvalue weighted by molar-refractivity contribution is 5.66. The van der Waals surface area contributed by atoms with E-state index in [1.54, 1.807) is 0 Å². The molecule has 0 saturated carbocycles. The maximum Gasteiger partial charge on any atom is 0.0807 e. The fourth-order valence-electron chi connectivity index (χ4n) is 2.27. The van der Waals surface area contributed by atoms with Gasteiger partial charge in [0, 0.05) is 24.0 Å². The molecule has 100 valence electrons. The minimum absolute atomic E-state index is 0.413. The number of para-hydroxylation sites is 1. The molecule has 2 aromatic carbocycles. The highest BCUT2D eigenvalue weighted by atomic mass is 16.3. The Bertz CT molecular complexity index is 550. The molecule has 0 unspecified atom stereocenters. The van der Waals surface area contributed by atoms with E-state index >= 15 is 0 Å². The second kappa shape index (κ2) is 5.89. The second-order valence-electron chi connectivity index (χ2n) is 4.88. The summed E-state index contributed by atoms with van der Waals surface area (Å²) >= 11 is 0. The number of anilines is 2. The molecule has 19 heavy (non-hydrogen) atoms. The van der Waals surface area contributed by atoms with Gasteiger partial charge in [-0.05, 0) is 37.1 Å². The molecule has 2 nitrogen and oxygen atoms in total. The van der Waals surface area contributed by atoms with Crippen LogP contribution < -0.4 is 4.90 Å². The maximum atomic E-state index is 10.1. The van der Waals surface area contributed by atoms with Crippen molar-refractivity contribution in [1.82, 2.24) is 0 Å². The van der Waals surface area contributed by atoms with Crippen LogP contribution >= 0.6 is 0 Å². The summed E-state index contributed by atoms with van der Waals surface area (Å²) < 4.78 is 0. The van der Waals surface area contributed by atoms with Crippen LogP contribution in [-0.4, -0.2) is 12.2 Å². The molecular formula is C17H21NO. The van der Waals surface area contributed by atoms with E-state index < -0.39 is 6.10 Å². The summed E-state index contributed by atoms with van der Waals surface area (Å²) in [5.41, 5.74) is 4.41. The molecule has 0 aliphatic rings. The van der Waals surface area contributed by atoms with Crippen LogP contribution in [-0.2, 0) is 0 Å². The summed E-state index contributed by atoms with van der Waals surface area (Å²) in [6.45, 7) is 4.08. The van der Waals surface area contributed by atoms with Crippen LogP contribution in [0.3, 0.4) is 0 Å². The molecule has 2 aromatic rings. The zero-order valence-corrected chi connectivity index (χ0v) is 11.8. The fourth-order valence-corrected chi connectivity index (χ4v) is 2.27. The normalized spacial score (nSPS) is 12.2. The topological polar surface area (TPSA) is 23.5 Å². The molecule has 1 atom stereocenters. The molecule has 0 fully saturated rings. The van der Waals surface area contributed by atoms with E-state index in [2.05, 4.69) is 42.2 Å². The van der Waals surface area contributed by atoms with Gasteiger partial charge in [0.1, 0.15) is 0 Å². The molecule has 0 bridgehead atoms. The van der Waals surface area contributed by atoms with Gasteiger partial charge in [-0.2, -0.15) is 0 Å². The van der Waals surface area contributed by atoms with Gasteiger partial charge in [0.25, 0.3) is 0 Å². The standard InChI is InChI=1S/C17H21NO/c1-4-17(19)15-10-5-6-11-16(15)18(3)14-9-7-8-13(2)12-14/h5-12,17,19H,4H2,1-3H3/t17-/m0/s1. The van der Waals surface area contributed by atoms with Crippen molar-refractivity contribution in [3.63, 3.8) is 0 Å². The zero-order chi connectivity index (χ0) is 13.8. The summed E-state index contributed by atoms with van der Waals surface area (Å²) in [7, 11) is 2.04. The molecule has 0 aliphatic carbocycles. The summed E-state index contributed by atoms with van der Waals surface area (Å²) in [6.07, 6.45) is 0.307. The van der Waals surface area contributed by atoms with Gasteiger partial charge in [0.2, 0.25) is 0 Å². The minimum atomic E-state index is -0.413. The lowest BCUT2D eigenvalue weighted by Gasteiger charge is -2.24. The molecule has 2 rings (SSSR count). The second-order valence-corrected chi connectivity index (χ2v) is 4.88. The predicted molar refractivity (Wildman–Crippen MR) is 80.9 cm³/mol. The number of benzene rings is 2. The van der Waals surface area contributed by atoms with Crippen molar-refractivity contribution in [3.8, 4) is 0 Å². The van der Waals surface area contributed by atoms with Crippen LogP contribution in [0.15, 0.2) is 48.5 Å². The first-order chi connectivity index (χ1) is 9.13. The van der Waals surface area contributed by atoms with Gasteiger partial charge in [-0.3, -0.25) is 0 Å². The molecule has 0 aromatic heterocycles. The maximum absolute atomic E-state index is 10.1. The van der Waals surface area contributed by atoms with Gasteiger partial charge < -0.3 is 10.0 Å². The summed E-state index contributed by atoms with van der Waals surface area (Å²) in [5.74, 6) is 0. The van der Waals surface area contributed by atoms with Crippen LogP contribution in [0.5, 0.6) is 0 Å². The number of hydrogen-bond donors (Lipinski definition) is 1. The van der Waals surface area contributed by atoms with Crippen LogP contribution in [0.2, 0.25) is 0 Å². The Balaban J connectivity index is 2.41. The van der Waals surface area contributed by atoms with Gasteiger partial charge in [0.15, 0.2) is 0 Å². The highest BCUT2D eigenvalue weighted by Crippen LogP contribution is 2.32. The summed E-state index contributed by atoms with van der Waals surface area (Å²) in [6, 6.07) is 16.4. The van der Waals surface area contributed by atoms with E-state index in [9.17, 15) is 5.11 Å². The van der Waals surface area contributed by atoms with Gasteiger partial charge in [-0.25, -0.2) is 0 Å². The zero-order valence-electron chi connectivity index (χ0n) is 11.8. The smallest absolute Gasteiger partial charge is 0.0807 e. The number of hydrogen-bond acceptors (Lipinski definition) is 2. The van der Waals surface area contributed by atoms with Crippen molar-refractivity contribution < 1.29 is 5.11 Å². The Morgan fingerprint density at radius 2 is 1.84 bits per heavy atom. The lowest BCUT2D eigenvalue weighted by Crippen LogP contribution is -2.13. The quantitative estimate of drug-likeness (QED) is 0.884. The van der Waals surface area contributed by atoms with Gasteiger partial charge in [-0.15, -0.1) is 0 Å². The van der Waals surface area contributed by atoms with E-state index in [0.29, 0.717) is 0 Å². The first kappa shape index (κ1) is 13.6. The van der Waals surface area contributed by atoms with E-state index in [4.69, 9.17) is 0 Å². The monoisotopic (exact) mass is 255 g/mol. The van der Waals surface area contributed by atoms with E-state index in [1.807, 2.05) is 32.2 Å². The lowest BCUT2D eigenvalue weighted by atomic mass is 10.0. The molecule has 0 saturated heterocycles. The predicted octanol–water partition coefficient (Wildman–Crippen LogP) is 4.21. The Labute approximate surface area is 115 Å². The number of aliphatic hydroxyl groups is 1.